The van der Waals surface area contributed by atoms with E-state index in [1.54, 1.807) is 32.9 Å². The molecule has 6 nitrogen and oxygen atoms in total. The average molecular weight is 338 g/mol. The predicted molar refractivity (Wildman–Crippen MR) is 86.7 cm³/mol. The number of carboxylic acid groups (broad SMARTS) is 1. The molecule has 3 rings (SSSR count). The molecule has 1 atom stereocenters. The zero-order valence-corrected chi connectivity index (χ0v) is 13.8. The Balaban J connectivity index is 1.74. The van der Waals surface area contributed by atoms with E-state index in [1.165, 1.54) is 0 Å². The van der Waals surface area contributed by atoms with Gasteiger partial charge in [-0.2, -0.15) is 17.0 Å². The summed E-state index contributed by atoms with van der Waals surface area (Å²) >= 11 is 0. The second-order valence-electron chi connectivity index (χ2n) is 6.24. The van der Waals surface area contributed by atoms with E-state index in [2.05, 4.69) is 0 Å². The van der Waals surface area contributed by atoms with Crippen LogP contribution in [0.2, 0.25) is 0 Å². The minimum atomic E-state index is -3.35. The fourth-order valence-corrected chi connectivity index (χ4v) is 5.18. The van der Waals surface area contributed by atoms with Crippen LogP contribution in [0.25, 0.3) is 0 Å². The molecule has 2 heterocycles. The van der Waals surface area contributed by atoms with Gasteiger partial charge in [0.1, 0.15) is 0 Å². The zero-order valence-electron chi connectivity index (χ0n) is 13.0. The van der Waals surface area contributed by atoms with Crippen molar-refractivity contribution < 1.29 is 18.3 Å². The van der Waals surface area contributed by atoms with E-state index in [1.807, 2.05) is 0 Å². The van der Waals surface area contributed by atoms with Gasteiger partial charge in [-0.15, -0.1) is 0 Å². The molecule has 0 radical (unpaired) electrons. The Morgan fingerprint density at radius 1 is 1.00 bits per heavy atom. The number of benzene rings is 1. The summed E-state index contributed by atoms with van der Waals surface area (Å²) in [6, 6.07) is 6.79. The Morgan fingerprint density at radius 3 is 2.22 bits per heavy atom. The molecular formula is C16H22N2O4S. The van der Waals surface area contributed by atoms with E-state index in [4.69, 9.17) is 5.11 Å². The number of hydrogen-bond acceptors (Lipinski definition) is 3. The molecule has 2 saturated heterocycles. The number of carbonyl (C=O) groups is 1. The summed E-state index contributed by atoms with van der Waals surface area (Å²) in [4.78, 5) is 10.9. The molecule has 0 unspecified atom stereocenters. The van der Waals surface area contributed by atoms with E-state index < -0.39 is 16.2 Å². The van der Waals surface area contributed by atoms with Gasteiger partial charge in [0, 0.05) is 26.2 Å². The molecule has 1 aromatic carbocycles. The molecule has 1 aromatic rings. The van der Waals surface area contributed by atoms with Crippen molar-refractivity contribution in [2.24, 2.45) is 0 Å². The highest BCUT2D eigenvalue weighted by Crippen LogP contribution is 2.30. The van der Waals surface area contributed by atoms with Gasteiger partial charge in [-0.05, 0) is 49.3 Å². The zero-order chi connectivity index (χ0) is 16.4. The molecule has 2 aliphatic rings. The standard InChI is InChI=1S/C16H22N2O4S/c19-16(20)14-7-5-13(6-8-14)15-4-3-11-18(12-15)23(21,22)17-9-1-2-10-17/h5-8,15H,1-4,9-12H2,(H,19,20)/t15-/m0/s1. The average Bonchev–Trinajstić information content (AvgIpc) is 3.10. The maximum Gasteiger partial charge on any atom is 0.335 e. The van der Waals surface area contributed by atoms with Gasteiger partial charge in [0.25, 0.3) is 10.2 Å². The number of rotatable bonds is 4. The van der Waals surface area contributed by atoms with Gasteiger partial charge in [0.05, 0.1) is 5.56 Å². The second kappa shape index (κ2) is 6.59. The summed E-state index contributed by atoms with van der Waals surface area (Å²) in [5, 5.41) is 8.96. The Bertz CT molecular complexity index is 666. The van der Waals surface area contributed by atoms with Gasteiger partial charge >= 0.3 is 5.97 Å². The first kappa shape index (κ1) is 16.4. The highest BCUT2D eigenvalue weighted by Gasteiger charge is 2.35. The van der Waals surface area contributed by atoms with Crippen molar-refractivity contribution in [2.75, 3.05) is 26.2 Å². The Labute approximate surface area is 136 Å². The monoisotopic (exact) mass is 338 g/mol. The normalized spacial score (nSPS) is 23.9. The van der Waals surface area contributed by atoms with Gasteiger partial charge in [0.15, 0.2) is 0 Å². The highest BCUT2D eigenvalue weighted by molar-refractivity contribution is 7.86. The van der Waals surface area contributed by atoms with Crippen LogP contribution >= 0.6 is 0 Å². The molecule has 126 valence electrons. The van der Waals surface area contributed by atoms with Crippen molar-refractivity contribution >= 4 is 16.2 Å². The maximum atomic E-state index is 12.7. The number of aromatic carboxylic acids is 1. The third-order valence-electron chi connectivity index (χ3n) is 4.73. The van der Waals surface area contributed by atoms with E-state index >= 15 is 0 Å². The van der Waals surface area contributed by atoms with Crippen LogP contribution < -0.4 is 0 Å². The van der Waals surface area contributed by atoms with Crippen LogP contribution in [0.1, 0.15) is 47.5 Å². The lowest BCUT2D eigenvalue weighted by Crippen LogP contribution is -2.46. The molecule has 0 saturated carbocycles. The van der Waals surface area contributed by atoms with Gasteiger partial charge in [-0.25, -0.2) is 4.79 Å². The molecule has 0 amide bonds. The number of carboxylic acids is 1. The fourth-order valence-electron chi connectivity index (χ4n) is 3.40. The number of piperidine rings is 1. The van der Waals surface area contributed by atoms with E-state index in [-0.39, 0.29) is 11.5 Å². The molecular weight excluding hydrogens is 316 g/mol. The van der Waals surface area contributed by atoms with Crippen LogP contribution in [0, 0.1) is 0 Å². The van der Waals surface area contributed by atoms with Crippen molar-refractivity contribution in [3.63, 3.8) is 0 Å². The Hall–Kier alpha value is -1.44. The summed E-state index contributed by atoms with van der Waals surface area (Å²) in [6.45, 7) is 2.29. The lowest BCUT2D eigenvalue weighted by Gasteiger charge is -2.34. The van der Waals surface area contributed by atoms with Crippen LogP contribution in [0.3, 0.4) is 0 Å². The van der Waals surface area contributed by atoms with Crippen LogP contribution in [-0.2, 0) is 10.2 Å². The molecule has 1 N–H and O–H groups in total. The van der Waals surface area contributed by atoms with Gasteiger partial charge in [-0.3, -0.25) is 0 Å². The molecule has 0 aromatic heterocycles. The molecule has 23 heavy (non-hydrogen) atoms. The first-order valence-corrected chi connectivity index (χ1v) is 9.46. The van der Waals surface area contributed by atoms with Crippen LogP contribution in [-0.4, -0.2) is 54.3 Å². The summed E-state index contributed by atoms with van der Waals surface area (Å²) in [7, 11) is -3.35. The van der Waals surface area contributed by atoms with Crippen molar-refractivity contribution in [1.29, 1.82) is 0 Å². The summed E-state index contributed by atoms with van der Waals surface area (Å²) < 4.78 is 28.5. The third kappa shape index (κ3) is 3.41. The molecule has 2 aliphatic heterocycles. The molecule has 0 aliphatic carbocycles. The smallest absolute Gasteiger partial charge is 0.335 e. The second-order valence-corrected chi connectivity index (χ2v) is 8.17. The van der Waals surface area contributed by atoms with Crippen molar-refractivity contribution in [3.05, 3.63) is 35.4 Å². The first-order valence-electron chi connectivity index (χ1n) is 8.07. The summed E-state index contributed by atoms with van der Waals surface area (Å²) in [6.07, 6.45) is 3.64. The minimum Gasteiger partial charge on any atom is -0.478 e. The third-order valence-corrected chi connectivity index (χ3v) is 6.73. The summed E-state index contributed by atoms with van der Waals surface area (Å²) in [5.41, 5.74) is 1.27. The summed E-state index contributed by atoms with van der Waals surface area (Å²) in [5.74, 6) is -0.817. The molecule has 0 spiro atoms. The minimum absolute atomic E-state index is 0.129. The van der Waals surface area contributed by atoms with E-state index in [0.717, 1.165) is 31.2 Å². The fraction of sp³-hybridized carbons (Fsp3) is 0.562. The molecule has 7 heteroatoms. The molecule has 0 bridgehead atoms. The predicted octanol–water partition coefficient (Wildman–Crippen LogP) is 1.90. The topological polar surface area (TPSA) is 77.9 Å². The van der Waals surface area contributed by atoms with E-state index in [0.29, 0.717) is 26.2 Å². The Morgan fingerprint density at radius 2 is 1.61 bits per heavy atom. The number of hydrogen-bond donors (Lipinski definition) is 1. The van der Waals surface area contributed by atoms with Crippen molar-refractivity contribution in [3.8, 4) is 0 Å². The highest BCUT2D eigenvalue weighted by atomic mass is 32.2. The van der Waals surface area contributed by atoms with Gasteiger partial charge < -0.3 is 5.11 Å². The van der Waals surface area contributed by atoms with Crippen molar-refractivity contribution in [2.45, 2.75) is 31.6 Å². The SMILES string of the molecule is O=C(O)c1ccc([C@H]2CCCN(S(=O)(=O)N3CCCC3)C2)cc1. The Kier molecular flexibility index (Phi) is 4.70. The largest absolute Gasteiger partial charge is 0.478 e. The van der Waals surface area contributed by atoms with Crippen LogP contribution in [0.5, 0.6) is 0 Å². The molecule has 2 fully saturated rings. The van der Waals surface area contributed by atoms with Crippen molar-refractivity contribution in [1.82, 2.24) is 8.61 Å². The van der Waals surface area contributed by atoms with Crippen LogP contribution in [0.4, 0.5) is 0 Å². The lowest BCUT2D eigenvalue weighted by atomic mass is 9.91. The quantitative estimate of drug-likeness (QED) is 0.909. The van der Waals surface area contributed by atoms with Gasteiger partial charge in [-0.1, -0.05) is 12.1 Å². The van der Waals surface area contributed by atoms with E-state index in [9.17, 15) is 13.2 Å². The number of nitrogens with zero attached hydrogens (tertiary/aromatic N) is 2. The first-order chi connectivity index (χ1) is 11.0. The maximum absolute atomic E-state index is 12.7. The van der Waals surface area contributed by atoms with Gasteiger partial charge in [0.2, 0.25) is 0 Å². The van der Waals surface area contributed by atoms with Crippen LogP contribution in [0.15, 0.2) is 24.3 Å². The lowest BCUT2D eigenvalue weighted by molar-refractivity contribution is 0.0697.